The molecule has 8 saturated carbocycles. The van der Waals surface area contributed by atoms with Crippen LogP contribution in [0.15, 0.2) is 53.4 Å². The van der Waals surface area contributed by atoms with Crippen LogP contribution in [0.1, 0.15) is 98.7 Å². The fraction of sp³-hybridized carbons (Fsp3) is 0.636. The first kappa shape index (κ1) is 26.9. The molecule has 41 heavy (non-hydrogen) atoms. The molecule has 0 radical (unpaired) electrons. The maximum absolute atomic E-state index is 14.3. The molecule has 2 aromatic rings. The lowest BCUT2D eigenvalue weighted by Gasteiger charge is -2.57. The molecule has 1 N–H and O–H groups in total. The number of benzene rings is 2. The topological polar surface area (TPSA) is 97.7 Å². The van der Waals surface area contributed by atoms with Gasteiger partial charge in [0.1, 0.15) is 0 Å². The lowest BCUT2D eigenvalue weighted by atomic mass is 9.48. The predicted octanol–water partition coefficient (Wildman–Crippen LogP) is 6.99. The first-order valence-electron chi connectivity index (χ1n) is 15.7. The molecule has 0 aromatic heterocycles. The fourth-order valence-corrected chi connectivity index (χ4v) is 13.8. The van der Waals surface area contributed by atoms with E-state index in [4.69, 9.17) is 4.18 Å². The zero-order chi connectivity index (χ0) is 28.1. The summed E-state index contributed by atoms with van der Waals surface area (Å²) in [5.41, 5.74) is -0.262. The van der Waals surface area contributed by atoms with Gasteiger partial charge in [-0.15, -0.1) is 0 Å². The maximum atomic E-state index is 14.3. The van der Waals surface area contributed by atoms with E-state index >= 15 is 0 Å². The highest BCUT2D eigenvalue weighted by molar-refractivity contribution is 7.89. The van der Waals surface area contributed by atoms with Crippen LogP contribution in [0.5, 0.6) is 0 Å². The van der Waals surface area contributed by atoms with Crippen molar-refractivity contribution >= 4 is 20.2 Å². The lowest BCUT2D eigenvalue weighted by Crippen LogP contribution is -2.49. The minimum absolute atomic E-state index is 0.0899. The van der Waals surface area contributed by atoms with E-state index in [1.165, 1.54) is 63.5 Å². The van der Waals surface area contributed by atoms with Crippen LogP contribution in [-0.2, 0) is 29.8 Å². The van der Waals surface area contributed by atoms with Gasteiger partial charge >= 0.3 is 0 Å². The second-order valence-corrected chi connectivity index (χ2v) is 17.7. The van der Waals surface area contributed by atoms with Crippen LogP contribution < -0.4 is 0 Å². The molecule has 220 valence electrons. The minimum atomic E-state index is -4.86. The Bertz CT molecular complexity index is 1500. The van der Waals surface area contributed by atoms with Crippen LogP contribution in [0.2, 0.25) is 0 Å². The summed E-state index contributed by atoms with van der Waals surface area (Å²) in [4.78, 5) is 0.135. The minimum Gasteiger partial charge on any atom is -0.283 e. The first-order chi connectivity index (χ1) is 19.6. The summed E-state index contributed by atoms with van der Waals surface area (Å²) in [7, 11) is -9.40. The highest BCUT2D eigenvalue weighted by atomic mass is 32.2. The third-order valence-corrected chi connectivity index (χ3v) is 14.4. The molecule has 8 bridgehead atoms. The van der Waals surface area contributed by atoms with E-state index in [0.717, 1.165) is 42.2 Å². The fourth-order valence-electron chi connectivity index (χ4n) is 11.4. The van der Waals surface area contributed by atoms with Crippen molar-refractivity contribution < 1.29 is 25.6 Å². The summed E-state index contributed by atoms with van der Waals surface area (Å²) in [5.74, 6) is 5.01. The predicted molar refractivity (Wildman–Crippen MR) is 155 cm³/mol. The van der Waals surface area contributed by atoms with Gasteiger partial charge in [0.15, 0.2) is 0 Å². The molecule has 0 amide bonds. The molecule has 0 aliphatic heterocycles. The monoisotopic (exact) mass is 596 g/mol. The summed E-state index contributed by atoms with van der Waals surface area (Å²) in [6, 6.07) is 14.0. The molecule has 1 unspecified atom stereocenters. The summed E-state index contributed by atoms with van der Waals surface area (Å²) >= 11 is 0. The van der Waals surface area contributed by atoms with Crippen molar-refractivity contribution in [1.29, 1.82) is 0 Å². The molecule has 8 fully saturated rings. The van der Waals surface area contributed by atoms with Crippen LogP contribution in [-0.4, -0.2) is 21.4 Å². The van der Waals surface area contributed by atoms with Crippen LogP contribution in [0, 0.1) is 41.4 Å². The Hall–Kier alpha value is -1.74. The average molecular weight is 597 g/mol. The van der Waals surface area contributed by atoms with Gasteiger partial charge in [-0.05, 0) is 146 Å². The van der Waals surface area contributed by atoms with E-state index in [1.807, 2.05) is 6.07 Å². The van der Waals surface area contributed by atoms with Crippen molar-refractivity contribution in [3.05, 3.63) is 65.2 Å². The number of rotatable bonds is 7. The van der Waals surface area contributed by atoms with Gasteiger partial charge in [0, 0.05) is 0 Å². The van der Waals surface area contributed by atoms with Crippen LogP contribution in [0.3, 0.4) is 0 Å². The van der Waals surface area contributed by atoms with E-state index in [-0.39, 0.29) is 15.9 Å². The summed E-state index contributed by atoms with van der Waals surface area (Å²) in [6.45, 7) is 0. The summed E-state index contributed by atoms with van der Waals surface area (Å²) < 4.78 is 69.3. The number of hydrogen-bond acceptors (Lipinski definition) is 5. The molecular weight excluding hydrogens is 556 g/mol. The van der Waals surface area contributed by atoms with Crippen molar-refractivity contribution in [1.82, 2.24) is 0 Å². The molecular formula is C33H40O6S2. The summed E-state index contributed by atoms with van der Waals surface area (Å²) in [5, 5.41) is 0. The molecule has 0 spiro atoms. The SMILES string of the molecule is O=S(=O)(OC(c1ccccc1)S(=O)(=O)O)c1cc(C2C3CC4CC(C3)CC2C4)ccc1C12CC3CC(CC(C3)C1)C2. The van der Waals surface area contributed by atoms with Gasteiger partial charge in [0.2, 0.25) is 5.44 Å². The molecule has 8 heteroatoms. The van der Waals surface area contributed by atoms with Crippen molar-refractivity contribution in [2.75, 3.05) is 0 Å². The second-order valence-electron chi connectivity index (χ2n) is 14.7. The van der Waals surface area contributed by atoms with Crippen molar-refractivity contribution in [3.63, 3.8) is 0 Å². The van der Waals surface area contributed by atoms with E-state index in [9.17, 15) is 21.4 Å². The van der Waals surface area contributed by atoms with Crippen molar-refractivity contribution in [2.45, 2.75) is 92.3 Å². The second kappa shape index (κ2) is 9.38. The Morgan fingerprint density at radius 1 is 0.707 bits per heavy atom. The van der Waals surface area contributed by atoms with Gasteiger partial charge < -0.3 is 0 Å². The van der Waals surface area contributed by atoms with Gasteiger partial charge in [-0.3, -0.25) is 4.55 Å². The van der Waals surface area contributed by atoms with E-state index in [2.05, 4.69) is 12.1 Å². The smallest absolute Gasteiger partial charge is 0.283 e. The molecule has 1 atom stereocenters. The van der Waals surface area contributed by atoms with Crippen LogP contribution >= 0.6 is 0 Å². The van der Waals surface area contributed by atoms with E-state index in [1.54, 1.807) is 18.2 Å². The highest BCUT2D eigenvalue weighted by Gasteiger charge is 2.54. The molecule has 8 aliphatic carbocycles. The average Bonchev–Trinajstić information content (AvgIpc) is 2.90. The third-order valence-electron chi connectivity index (χ3n) is 12.1. The van der Waals surface area contributed by atoms with Crippen molar-refractivity contribution in [3.8, 4) is 0 Å². The molecule has 6 nitrogen and oxygen atoms in total. The molecule has 10 rings (SSSR count). The Balaban J connectivity index is 1.24. The number of hydrogen-bond donors (Lipinski definition) is 1. The molecule has 2 aromatic carbocycles. The zero-order valence-electron chi connectivity index (χ0n) is 23.4. The zero-order valence-corrected chi connectivity index (χ0v) is 25.0. The Morgan fingerprint density at radius 3 is 1.78 bits per heavy atom. The molecule has 0 saturated heterocycles. The maximum Gasteiger partial charge on any atom is 0.298 e. The van der Waals surface area contributed by atoms with E-state index in [0.29, 0.717) is 35.5 Å². The Morgan fingerprint density at radius 2 is 1.24 bits per heavy atom. The largest absolute Gasteiger partial charge is 0.298 e. The Labute approximate surface area is 244 Å². The van der Waals surface area contributed by atoms with Gasteiger partial charge in [-0.25, -0.2) is 4.18 Å². The van der Waals surface area contributed by atoms with Gasteiger partial charge in [-0.2, -0.15) is 16.8 Å². The van der Waals surface area contributed by atoms with Crippen LogP contribution in [0.4, 0.5) is 0 Å². The quantitative estimate of drug-likeness (QED) is 0.273. The first-order valence-corrected chi connectivity index (χ1v) is 18.6. The lowest BCUT2D eigenvalue weighted by molar-refractivity contribution is -0.00715. The van der Waals surface area contributed by atoms with Crippen LogP contribution in [0.25, 0.3) is 0 Å². The van der Waals surface area contributed by atoms with Crippen molar-refractivity contribution in [2.24, 2.45) is 41.4 Å². The summed E-state index contributed by atoms with van der Waals surface area (Å²) in [6.07, 6.45) is 12.9. The van der Waals surface area contributed by atoms with E-state index < -0.39 is 25.7 Å². The molecule has 8 aliphatic rings. The standard InChI is InChI=1S/C33H40O6S2/c34-40(35,36)32(25-4-2-1-3-5-25)39-41(37,38)30-16-26(31-27-12-20-8-21(14-27)15-28(31)13-20)6-7-29(30)33-17-22-9-23(18-33)11-24(10-22)19-33/h1-7,16,20-24,27-28,31-32H,8-15,17-19H2,(H,34,35,36). The highest BCUT2D eigenvalue weighted by Crippen LogP contribution is 2.63. The normalized spacial score (nSPS) is 39.7. The van der Waals surface area contributed by atoms with Gasteiger partial charge in [0.25, 0.3) is 20.2 Å². The molecule has 0 heterocycles. The van der Waals surface area contributed by atoms with Gasteiger partial charge in [-0.1, -0.05) is 42.5 Å². The Kier molecular flexibility index (Phi) is 6.14. The third kappa shape index (κ3) is 4.54. The van der Waals surface area contributed by atoms with Gasteiger partial charge in [0.05, 0.1) is 4.90 Å².